The third-order valence-electron chi connectivity index (χ3n) is 3.56. The Morgan fingerprint density at radius 1 is 1.21 bits per heavy atom. The number of aliphatic hydroxyl groups is 1. The summed E-state index contributed by atoms with van der Waals surface area (Å²) in [5.41, 5.74) is 1.22. The van der Waals surface area contributed by atoms with Crippen LogP contribution in [0.5, 0.6) is 0 Å². The van der Waals surface area contributed by atoms with Gasteiger partial charge < -0.3 is 5.11 Å². The Morgan fingerprint density at radius 3 is 2.50 bits per heavy atom. The molecule has 120 valence electrons. The van der Waals surface area contributed by atoms with E-state index in [4.69, 9.17) is 5.26 Å². The predicted octanol–water partition coefficient (Wildman–Crippen LogP) is 1.70. The van der Waals surface area contributed by atoms with Crippen LogP contribution in [0.2, 0.25) is 0 Å². The van der Waals surface area contributed by atoms with Gasteiger partial charge in [-0.15, -0.1) is 11.8 Å². The minimum atomic E-state index is -0.884. The first kappa shape index (κ1) is 16.2. The molecule has 0 spiro atoms. The van der Waals surface area contributed by atoms with E-state index in [-0.39, 0.29) is 24.1 Å². The number of aliphatic hydroxyl groups excluding tert-OH is 1. The van der Waals surface area contributed by atoms with Gasteiger partial charge in [-0.2, -0.15) is 5.26 Å². The van der Waals surface area contributed by atoms with Gasteiger partial charge in [0.1, 0.15) is 0 Å². The van der Waals surface area contributed by atoms with Crippen LogP contribution >= 0.6 is 11.8 Å². The van der Waals surface area contributed by atoms with Crippen molar-refractivity contribution in [3.8, 4) is 6.07 Å². The number of nitriles is 1. The lowest BCUT2D eigenvalue weighted by atomic mass is 10.1. The van der Waals surface area contributed by atoms with Crippen molar-refractivity contribution in [1.82, 2.24) is 9.88 Å². The molecule has 2 heterocycles. The van der Waals surface area contributed by atoms with Gasteiger partial charge in [-0.3, -0.25) is 14.5 Å². The Hall–Kier alpha value is -2.69. The van der Waals surface area contributed by atoms with Crippen molar-refractivity contribution >= 4 is 23.6 Å². The molecular formula is C17H13N3O3S. The molecule has 6 nitrogen and oxygen atoms in total. The summed E-state index contributed by atoms with van der Waals surface area (Å²) in [5.74, 6) is -0.511. The highest BCUT2D eigenvalue weighted by Crippen LogP contribution is 2.23. The van der Waals surface area contributed by atoms with Gasteiger partial charge in [0.25, 0.3) is 11.8 Å². The van der Waals surface area contributed by atoms with E-state index in [1.807, 2.05) is 6.07 Å². The summed E-state index contributed by atoms with van der Waals surface area (Å²) in [5, 5.41) is 19.6. The number of β-amino-alcohol motifs (C(OH)–C–C–N with tert-alkyl or cyclic N) is 1. The average molecular weight is 339 g/mol. The highest BCUT2D eigenvalue weighted by atomic mass is 32.2. The molecule has 1 aromatic carbocycles. The third kappa shape index (κ3) is 3.15. The molecule has 0 saturated carbocycles. The van der Waals surface area contributed by atoms with Crippen molar-refractivity contribution in [3.63, 3.8) is 0 Å². The molecule has 1 aromatic heterocycles. The number of aromatic nitrogens is 1. The maximum absolute atomic E-state index is 12.2. The summed E-state index contributed by atoms with van der Waals surface area (Å²) in [4.78, 5) is 29.6. The maximum Gasteiger partial charge on any atom is 0.261 e. The Balaban J connectivity index is 1.62. The predicted molar refractivity (Wildman–Crippen MR) is 87.5 cm³/mol. The maximum atomic E-state index is 12.2. The Bertz CT molecular complexity index is 812. The molecule has 3 rings (SSSR count). The second-order valence-electron chi connectivity index (χ2n) is 5.23. The van der Waals surface area contributed by atoms with E-state index >= 15 is 0 Å². The van der Waals surface area contributed by atoms with E-state index in [1.54, 1.807) is 36.4 Å². The van der Waals surface area contributed by atoms with E-state index in [9.17, 15) is 14.7 Å². The normalized spacial score (nSPS) is 14.4. The molecule has 0 bridgehead atoms. The minimum absolute atomic E-state index is 0.0721. The van der Waals surface area contributed by atoms with E-state index < -0.39 is 6.10 Å². The molecule has 24 heavy (non-hydrogen) atoms. The van der Waals surface area contributed by atoms with Crippen molar-refractivity contribution in [2.45, 2.75) is 11.1 Å². The van der Waals surface area contributed by atoms with E-state index in [1.165, 1.54) is 18.0 Å². The first-order chi connectivity index (χ1) is 11.6. The number of thioether (sulfide) groups is 1. The molecule has 1 atom stereocenters. The lowest BCUT2D eigenvalue weighted by Gasteiger charge is -2.18. The lowest BCUT2D eigenvalue weighted by molar-refractivity contribution is 0.0567. The fourth-order valence-electron chi connectivity index (χ4n) is 2.41. The monoisotopic (exact) mass is 339 g/mol. The van der Waals surface area contributed by atoms with Gasteiger partial charge >= 0.3 is 0 Å². The quantitative estimate of drug-likeness (QED) is 0.658. The number of hydrogen-bond donors (Lipinski definition) is 1. The number of carbonyl (C=O) groups excluding carboxylic acids is 2. The number of pyridine rings is 1. The van der Waals surface area contributed by atoms with Crippen LogP contribution in [0, 0.1) is 11.3 Å². The van der Waals surface area contributed by atoms with Crippen LogP contribution in [0.1, 0.15) is 26.3 Å². The zero-order chi connectivity index (χ0) is 17.1. The first-order valence-electron chi connectivity index (χ1n) is 7.22. The van der Waals surface area contributed by atoms with Gasteiger partial charge in [-0.05, 0) is 24.3 Å². The minimum Gasteiger partial charge on any atom is -0.390 e. The number of fused-ring (bicyclic) bond motifs is 1. The summed E-state index contributed by atoms with van der Waals surface area (Å²) in [6, 6.07) is 11.9. The van der Waals surface area contributed by atoms with Crippen LogP contribution in [0.4, 0.5) is 0 Å². The summed E-state index contributed by atoms with van der Waals surface area (Å²) in [6.45, 7) is -0.0721. The van der Waals surface area contributed by atoms with Gasteiger partial charge in [0.15, 0.2) is 0 Å². The van der Waals surface area contributed by atoms with Crippen molar-refractivity contribution < 1.29 is 14.7 Å². The fourth-order valence-corrected chi connectivity index (χ4v) is 3.22. The van der Waals surface area contributed by atoms with Crippen LogP contribution in [-0.4, -0.2) is 45.2 Å². The number of hydrogen-bond acceptors (Lipinski definition) is 6. The molecule has 0 unspecified atom stereocenters. The SMILES string of the molecule is N#Cc1ccnc(SC[C@H](O)CN2C(=O)c3ccccc3C2=O)c1. The number of imide groups is 1. The number of nitrogens with zero attached hydrogens (tertiary/aromatic N) is 3. The van der Waals surface area contributed by atoms with Crippen LogP contribution < -0.4 is 0 Å². The van der Waals surface area contributed by atoms with Crippen LogP contribution in [0.3, 0.4) is 0 Å². The van der Waals surface area contributed by atoms with Gasteiger partial charge in [0, 0.05) is 11.9 Å². The first-order valence-corrected chi connectivity index (χ1v) is 8.21. The molecule has 2 aromatic rings. The fraction of sp³-hybridized carbons (Fsp3) is 0.176. The van der Waals surface area contributed by atoms with Crippen molar-refractivity contribution in [3.05, 3.63) is 59.3 Å². The number of benzene rings is 1. The van der Waals surface area contributed by atoms with Gasteiger partial charge in [-0.25, -0.2) is 4.98 Å². The van der Waals surface area contributed by atoms with E-state index in [0.29, 0.717) is 21.7 Å². The second-order valence-corrected chi connectivity index (χ2v) is 6.27. The molecule has 1 aliphatic rings. The second kappa shape index (κ2) is 6.83. The number of amides is 2. The summed E-state index contributed by atoms with van der Waals surface area (Å²) >= 11 is 1.27. The largest absolute Gasteiger partial charge is 0.390 e. The topological polar surface area (TPSA) is 94.3 Å². The number of carbonyl (C=O) groups is 2. The molecule has 2 amide bonds. The van der Waals surface area contributed by atoms with Crippen LogP contribution in [-0.2, 0) is 0 Å². The molecule has 0 radical (unpaired) electrons. The smallest absolute Gasteiger partial charge is 0.261 e. The zero-order valence-corrected chi connectivity index (χ0v) is 13.4. The van der Waals surface area contributed by atoms with Crippen LogP contribution in [0.15, 0.2) is 47.6 Å². The Kier molecular flexibility index (Phi) is 4.60. The number of rotatable bonds is 5. The standard InChI is InChI=1S/C17H13N3O3S/c18-8-11-5-6-19-15(7-11)24-10-12(21)9-20-16(22)13-3-1-2-4-14(13)17(20)23/h1-7,12,21H,9-10H2/t12-/m1/s1. The highest BCUT2D eigenvalue weighted by molar-refractivity contribution is 7.99. The van der Waals surface area contributed by atoms with Gasteiger partial charge in [0.05, 0.1) is 40.4 Å². The van der Waals surface area contributed by atoms with Gasteiger partial charge in [-0.1, -0.05) is 12.1 Å². The molecule has 0 fully saturated rings. The average Bonchev–Trinajstić information content (AvgIpc) is 2.85. The van der Waals surface area contributed by atoms with E-state index in [2.05, 4.69) is 4.98 Å². The van der Waals surface area contributed by atoms with E-state index in [0.717, 1.165) is 4.90 Å². The van der Waals surface area contributed by atoms with Gasteiger partial charge in [0.2, 0.25) is 0 Å². The summed E-state index contributed by atoms with van der Waals surface area (Å²) < 4.78 is 0. The molecule has 0 aliphatic carbocycles. The Morgan fingerprint density at radius 2 is 1.88 bits per heavy atom. The van der Waals surface area contributed by atoms with Crippen molar-refractivity contribution in [2.75, 3.05) is 12.3 Å². The summed E-state index contributed by atoms with van der Waals surface area (Å²) in [6.07, 6.45) is 0.641. The molecular weight excluding hydrogens is 326 g/mol. The molecule has 0 saturated heterocycles. The van der Waals surface area contributed by atoms with Crippen LogP contribution in [0.25, 0.3) is 0 Å². The molecule has 1 N–H and O–H groups in total. The highest BCUT2D eigenvalue weighted by Gasteiger charge is 2.35. The summed E-state index contributed by atoms with van der Waals surface area (Å²) in [7, 11) is 0. The lowest BCUT2D eigenvalue weighted by Crippen LogP contribution is -2.37. The molecule has 7 heteroatoms. The van der Waals surface area contributed by atoms with Crippen molar-refractivity contribution in [2.24, 2.45) is 0 Å². The van der Waals surface area contributed by atoms with Crippen molar-refractivity contribution in [1.29, 1.82) is 5.26 Å². The zero-order valence-electron chi connectivity index (χ0n) is 12.5. The molecule has 1 aliphatic heterocycles. The third-order valence-corrected chi connectivity index (χ3v) is 4.63. The Labute approximate surface area is 142 Å².